The van der Waals surface area contributed by atoms with E-state index in [4.69, 9.17) is 9.47 Å². The lowest BCUT2D eigenvalue weighted by atomic mass is 9.92. The van der Waals surface area contributed by atoms with Gasteiger partial charge in [0.1, 0.15) is 23.9 Å². The lowest BCUT2D eigenvalue weighted by molar-refractivity contribution is 0.0184. The van der Waals surface area contributed by atoms with E-state index in [2.05, 4.69) is 9.97 Å². The third-order valence-corrected chi connectivity index (χ3v) is 4.71. The Bertz CT molecular complexity index is 695. The van der Waals surface area contributed by atoms with Gasteiger partial charge in [0.15, 0.2) is 0 Å². The molecule has 8 heteroatoms. The minimum Gasteiger partial charge on any atom is -0.444 e. The van der Waals surface area contributed by atoms with E-state index in [1.54, 1.807) is 9.80 Å². The molecule has 27 heavy (non-hydrogen) atoms. The average Bonchev–Trinajstić information content (AvgIpc) is 2.92. The number of anilines is 1. The molecule has 0 bridgehead atoms. The van der Waals surface area contributed by atoms with Crippen LogP contribution in [0.2, 0.25) is 0 Å². The molecule has 1 aromatic heterocycles. The van der Waals surface area contributed by atoms with Crippen molar-refractivity contribution in [1.82, 2.24) is 14.9 Å². The van der Waals surface area contributed by atoms with Gasteiger partial charge in [0, 0.05) is 24.8 Å². The molecule has 1 aromatic rings. The zero-order chi connectivity index (χ0) is 19.6. The fourth-order valence-electron chi connectivity index (χ4n) is 3.38. The molecule has 2 amide bonds. The minimum atomic E-state index is -0.473. The average molecular weight is 376 g/mol. The topological polar surface area (TPSA) is 84.9 Å². The lowest BCUT2D eigenvalue weighted by Gasteiger charge is -2.33. The number of amides is 2. The molecule has 0 spiro atoms. The van der Waals surface area contributed by atoms with E-state index in [-0.39, 0.29) is 18.3 Å². The largest absolute Gasteiger partial charge is 0.444 e. The number of likely N-dealkylation sites (tertiary alicyclic amines) is 1. The lowest BCUT2D eigenvalue weighted by Crippen LogP contribution is -2.42. The second-order valence-electron chi connectivity index (χ2n) is 8.29. The van der Waals surface area contributed by atoms with Crippen LogP contribution in [0.25, 0.3) is 0 Å². The van der Waals surface area contributed by atoms with Crippen LogP contribution >= 0.6 is 0 Å². The van der Waals surface area contributed by atoms with Crippen LogP contribution in [0, 0.1) is 5.92 Å². The van der Waals surface area contributed by atoms with Gasteiger partial charge in [-0.05, 0) is 52.9 Å². The van der Waals surface area contributed by atoms with Crippen molar-refractivity contribution in [2.45, 2.75) is 58.7 Å². The van der Waals surface area contributed by atoms with Crippen LogP contribution in [-0.2, 0) is 15.9 Å². The summed E-state index contributed by atoms with van der Waals surface area (Å²) in [5.41, 5.74) is 0.433. The number of cyclic esters (lactones) is 1. The zero-order valence-corrected chi connectivity index (χ0v) is 16.5. The van der Waals surface area contributed by atoms with Gasteiger partial charge in [-0.1, -0.05) is 0 Å². The molecular formula is C19H28N4O4. The Morgan fingerprint density at radius 1 is 1.30 bits per heavy atom. The summed E-state index contributed by atoms with van der Waals surface area (Å²) < 4.78 is 10.6. The molecule has 0 N–H and O–H groups in total. The predicted molar refractivity (Wildman–Crippen MR) is 99.6 cm³/mol. The second kappa shape index (κ2) is 7.70. The number of hydrogen-bond acceptors (Lipinski definition) is 6. The Kier molecular flexibility index (Phi) is 5.53. The van der Waals surface area contributed by atoms with E-state index in [0.717, 1.165) is 25.0 Å². The van der Waals surface area contributed by atoms with E-state index < -0.39 is 5.60 Å². The van der Waals surface area contributed by atoms with Crippen molar-refractivity contribution >= 4 is 18.0 Å². The van der Waals surface area contributed by atoms with Gasteiger partial charge in [0.2, 0.25) is 0 Å². The van der Waals surface area contributed by atoms with Crippen molar-refractivity contribution in [3.8, 4) is 0 Å². The van der Waals surface area contributed by atoms with Crippen LogP contribution < -0.4 is 4.90 Å². The minimum absolute atomic E-state index is 0.131. The maximum absolute atomic E-state index is 12.2. The van der Waals surface area contributed by atoms with Gasteiger partial charge in [-0.15, -0.1) is 0 Å². The van der Waals surface area contributed by atoms with Gasteiger partial charge >= 0.3 is 12.2 Å². The summed E-state index contributed by atoms with van der Waals surface area (Å²) in [6.45, 7) is 9.37. The van der Waals surface area contributed by atoms with Crippen molar-refractivity contribution in [2.75, 3.05) is 24.5 Å². The maximum atomic E-state index is 12.2. The van der Waals surface area contributed by atoms with Gasteiger partial charge in [-0.25, -0.2) is 19.6 Å². The summed E-state index contributed by atoms with van der Waals surface area (Å²) in [6.07, 6.45) is 3.37. The molecule has 0 aliphatic carbocycles. The van der Waals surface area contributed by atoms with Gasteiger partial charge < -0.3 is 14.4 Å². The number of ether oxygens (including phenoxy) is 2. The Labute approximate surface area is 159 Å². The summed E-state index contributed by atoms with van der Waals surface area (Å²) in [5, 5.41) is 0. The molecule has 3 rings (SSSR count). The number of carbonyl (C=O) groups excluding carboxylic acids is 2. The first-order valence-electron chi connectivity index (χ1n) is 9.48. The molecule has 2 saturated heterocycles. The summed E-state index contributed by atoms with van der Waals surface area (Å²) in [4.78, 5) is 35.9. The molecule has 2 aliphatic rings. The molecule has 148 valence electrons. The first-order chi connectivity index (χ1) is 12.7. The van der Waals surface area contributed by atoms with Crippen LogP contribution in [0.4, 0.5) is 15.4 Å². The standard InChI is InChI=1S/C19H28N4O4/c1-13-11-23(18(25)26-13)16-10-15(20-12-21-16)9-14-5-7-22(8-6-14)17(24)27-19(2,3)4/h10,12-14H,5-9,11H2,1-4H3/t13-/m0/s1. The smallest absolute Gasteiger partial charge is 0.415 e. The first-order valence-corrected chi connectivity index (χ1v) is 9.48. The Hall–Kier alpha value is -2.38. The number of nitrogens with zero attached hydrogens (tertiary/aromatic N) is 4. The number of hydrogen-bond donors (Lipinski definition) is 0. The van der Waals surface area contributed by atoms with Gasteiger partial charge in [-0.2, -0.15) is 0 Å². The van der Waals surface area contributed by atoms with E-state index in [1.807, 2.05) is 33.8 Å². The summed E-state index contributed by atoms with van der Waals surface area (Å²) in [7, 11) is 0. The summed E-state index contributed by atoms with van der Waals surface area (Å²) in [6, 6.07) is 1.86. The number of carbonyl (C=O) groups is 2. The highest BCUT2D eigenvalue weighted by Crippen LogP contribution is 2.25. The van der Waals surface area contributed by atoms with E-state index in [0.29, 0.717) is 31.4 Å². The van der Waals surface area contributed by atoms with E-state index in [1.165, 1.54) is 6.33 Å². The van der Waals surface area contributed by atoms with Crippen molar-refractivity contribution in [3.63, 3.8) is 0 Å². The fraction of sp³-hybridized carbons (Fsp3) is 0.684. The van der Waals surface area contributed by atoms with Crippen LogP contribution in [-0.4, -0.2) is 58.4 Å². The number of aromatic nitrogens is 2. The SMILES string of the molecule is C[C@H]1CN(c2cc(CC3CCN(C(=O)OC(C)(C)C)CC3)ncn2)C(=O)O1. The van der Waals surface area contributed by atoms with E-state index in [9.17, 15) is 9.59 Å². The summed E-state index contributed by atoms with van der Waals surface area (Å²) in [5.74, 6) is 1.02. The molecule has 1 atom stereocenters. The molecular weight excluding hydrogens is 348 g/mol. The van der Waals surface area contributed by atoms with Crippen molar-refractivity contribution in [1.29, 1.82) is 0 Å². The predicted octanol–water partition coefficient (Wildman–Crippen LogP) is 3.01. The van der Waals surface area contributed by atoms with Crippen LogP contribution in [0.1, 0.15) is 46.2 Å². The first kappa shape index (κ1) is 19.4. The molecule has 0 saturated carbocycles. The van der Waals surface area contributed by atoms with E-state index >= 15 is 0 Å². The van der Waals surface area contributed by atoms with Crippen molar-refractivity contribution in [2.24, 2.45) is 5.92 Å². The third kappa shape index (κ3) is 5.08. The van der Waals surface area contributed by atoms with Crippen molar-refractivity contribution < 1.29 is 19.1 Å². The van der Waals surface area contributed by atoms with Crippen molar-refractivity contribution in [3.05, 3.63) is 18.1 Å². The second-order valence-corrected chi connectivity index (χ2v) is 8.29. The Morgan fingerprint density at radius 3 is 2.59 bits per heavy atom. The molecule has 2 fully saturated rings. The monoisotopic (exact) mass is 376 g/mol. The van der Waals surface area contributed by atoms with Crippen LogP contribution in [0.3, 0.4) is 0 Å². The van der Waals surface area contributed by atoms with Gasteiger partial charge in [0.25, 0.3) is 0 Å². The third-order valence-electron chi connectivity index (χ3n) is 4.71. The van der Waals surface area contributed by atoms with Crippen LogP contribution in [0.5, 0.6) is 0 Å². The van der Waals surface area contributed by atoms with Gasteiger partial charge in [-0.3, -0.25) is 4.90 Å². The number of rotatable bonds is 3. The fourth-order valence-corrected chi connectivity index (χ4v) is 3.38. The van der Waals surface area contributed by atoms with Crippen LogP contribution in [0.15, 0.2) is 12.4 Å². The zero-order valence-electron chi connectivity index (χ0n) is 16.5. The molecule has 2 aliphatic heterocycles. The Morgan fingerprint density at radius 2 is 2.00 bits per heavy atom. The highest BCUT2D eigenvalue weighted by atomic mass is 16.6. The maximum Gasteiger partial charge on any atom is 0.415 e. The summed E-state index contributed by atoms with van der Waals surface area (Å²) >= 11 is 0. The highest BCUT2D eigenvalue weighted by Gasteiger charge is 2.31. The highest BCUT2D eigenvalue weighted by molar-refractivity contribution is 5.88. The molecule has 0 aromatic carbocycles. The normalized spacial score (nSPS) is 21.3. The molecule has 0 unspecified atom stereocenters. The Balaban J connectivity index is 1.54. The quantitative estimate of drug-likeness (QED) is 0.806. The van der Waals surface area contributed by atoms with Gasteiger partial charge in [0.05, 0.1) is 6.54 Å². The number of piperidine rings is 1. The molecule has 8 nitrogen and oxygen atoms in total. The molecule has 0 radical (unpaired) electrons. The molecule has 3 heterocycles.